The molecule has 1 saturated heterocycles. The Morgan fingerprint density at radius 1 is 1.14 bits per heavy atom. The third-order valence-corrected chi connectivity index (χ3v) is 4.96. The molecule has 1 fully saturated rings. The van der Waals surface area contributed by atoms with Crippen molar-refractivity contribution in [2.75, 3.05) is 18.8 Å². The van der Waals surface area contributed by atoms with Crippen molar-refractivity contribution >= 4 is 11.6 Å². The molecular formula is C21H20FN5O. The fourth-order valence-electron chi connectivity index (χ4n) is 3.41. The Labute approximate surface area is 162 Å². The quantitative estimate of drug-likeness (QED) is 0.756. The maximum Gasteiger partial charge on any atom is 0.228 e. The summed E-state index contributed by atoms with van der Waals surface area (Å²) >= 11 is 0. The van der Waals surface area contributed by atoms with E-state index >= 15 is 0 Å². The highest BCUT2D eigenvalue weighted by Crippen LogP contribution is 2.26. The minimum Gasteiger partial charge on any atom is -0.397 e. The zero-order valence-electron chi connectivity index (χ0n) is 15.3. The van der Waals surface area contributed by atoms with Crippen molar-refractivity contribution in [2.45, 2.75) is 18.8 Å². The van der Waals surface area contributed by atoms with Crippen LogP contribution in [0.1, 0.15) is 23.9 Å². The van der Waals surface area contributed by atoms with Crippen molar-refractivity contribution in [3.05, 3.63) is 72.2 Å². The van der Waals surface area contributed by atoms with Crippen molar-refractivity contribution in [3.63, 3.8) is 0 Å². The molecule has 2 aromatic heterocycles. The van der Waals surface area contributed by atoms with E-state index in [4.69, 9.17) is 5.73 Å². The SMILES string of the molecule is Nc1ccc(-c2ccc(F)cc2)nc1CC(=O)N1CC[C@H](c2ncccn2)C1. The summed E-state index contributed by atoms with van der Waals surface area (Å²) in [5.74, 6) is 0.601. The van der Waals surface area contributed by atoms with Gasteiger partial charge in [-0.1, -0.05) is 0 Å². The molecule has 1 amide bonds. The fourth-order valence-corrected chi connectivity index (χ4v) is 3.41. The Kier molecular flexibility index (Phi) is 4.97. The molecule has 3 aromatic rings. The molecule has 0 radical (unpaired) electrons. The fraction of sp³-hybridized carbons (Fsp3) is 0.238. The monoisotopic (exact) mass is 377 g/mol. The highest BCUT2D eigenvalue weighted by Gasteiger charge is 2.29. The van der Waals surface area contributed by atoms with Gasteiger partial charge in [0.15, 0.2) is 0 Å². The van der Waals surface area contributed by atoms with Gasteiger partial charge < -0.3 is 10.6 Å². The summed E-state index contributed by atoms with van der Waals surface area (Å²) < 4.78 is 13.1. The molecule has 1 aliphatic rings. The van der Waals surface area contributed by atoms with Gasteiger partial charge in [-0.25, -0.2) is 14.4 Å². The van der Waals surface area contributed by atoms with E-state index in [0.29, 0.717) is 30.2 Å². The van der Waals surface area contributed by atoms with Gasteiger partial charge >= 0.3 is 0 Å². The summed E-state index contributed by atoms with van der Waals surface area (Å²) in [5.41, 5.74) is 8.49. The van der Waals surface area contributed by atoms with Crippen LogP contribution in [-0.2, 0) is 11.2 Å². The van der Waals surface area contributed by atoms with E-state index in [0.717, 1.165) is 17.8 Å². The molecule has 142 valence electrons. The van der Waals surface area contributed by atoms with Crippen molar-refractivity contribution in [2.24, 2.45) is 0 Å². The number of likely N-dealkylation sites (tertiary alicyclic amines) is 1. The number of hydrogen-bond donors (Lipinski definition) is 1. The van der Waals surface area contributed by atoms with Crippen molar-refractivity contribution in [1.82, 2.24) is 19.9 Å². The summed E-state index contributed by atoms with van der Waals surface area (Å²) in [7, 11) is 0. The number of carbonyl (C=O) groups excluding carboxylic acids is 1. The largest absolute Gasteiger partial charge is 0.397 e. The van der Waals surface area contributed by atoms with E-state index in [-0.39, 0.29) is 24.1 Å². The topological polar surface area (TPSA) is 85.0 Å². The van der Waals surface area contributed by atoms with Crippen molar-refractivity contribution < 1.29 is 9.18 Å². The van der Waals surface area contributed by atoms with Crippen LogP contribution in [0.25, 0.3) is 11.3 Å². The summed E-state index contributed by atoms with van der Waals surface area (Å²) in [4.78, 5) is 27.7. The van der Waals surface area contributed by atoms with Gasteiger partial charge in [-0.05, 0) is 48.9 Å². The lowest BCUT2D eigenvalue weighted by atomic mass is 10.1. The zero-order valence-corrected chi connectivity index (χ0v) is 15.3. The molecule has 1 aliphatic heterocycles. The van der Waals surface area contributed by atoms with Crippen molar-refractivity contribution in [3.8, 4) is 11.3 Å². The summed E-state index contributed by atoms with van der Waals surface area (Å²) in [5, 5.41) is 0. The molecule has 7 heteroatoms. The van der Waals surface area contributed by atoms with Gasteiger partial charge in [0.05, 0.1) is 23.5 Å². The average Bonchev–Trinajstić information content (AvgIpc) is 3.21. The number of benzene rings is 1. The number of amides is 1. The van der Waals surface area contributed by atoms with Gasteiger partial charge in [-0.3, -0.25) is 9.78 Å². The summed E-state index contributed by atoms with van der Waals surface area (Å²) in [6.07, 6.45) is 4.41. The number of nitrogen functional groups attached to an aromatic ring is 1. The van der Waals surface area contributed by atoms with Gasteiger partial charge in [0.2, 0.25) is 5.91 Å². The number of hydrogen-bond acceptors (Lipinski definition) is 5. The molecule has 1 atom stereocenters. The predicted molar refractivity (Wildman–Crippen MR) is 104 cm³/mol. The third-order valence-electron chi connectivity index (χ3n) is 4.96. The van der Waals surface area contributed by atoms with Crippen LogP contribution in [0, 0.1) is 5.82 Å². The number of carbonyl (C=O) groups is 1. The molecule has 28 heavy (non-hydrogen) atoms. The molecule has 0 unspecified atom stereocenters. The number of rotatable bonds is 4. The predicted octanol–water partition coefficient (Wildman–Crippen LogP) is 2.82. The number of anilines is 1. The van der Waals surface area contributed by atoms with Crippen LogP contribution in [-0.4, -0.2) is 38.8 Å². The second kappa shape index (κ2) is 7.72. The van der Waals surface area contributed by atoms with Crippen LogP contribution in [0.4, 0.5) is 10.1 Å². The Balaban J connectivity index is 1.47. The van der Waals surface area contributed by atoms with Crippen LogP contribution in [0.15, 0.2) is 54.9 Å². The lowest BCUT2D eigenvalue weighted by Gasteiger charge is -2.17. The minimum absolute atomic E-state index is 0.0195. The molecule has 0 saturated carbocycles. The molecule has 1 aromatic carbocycles. The van der Waals surface area contributed by atoms with Crippen LogP contribution in [0.3, 0.4) is 0 Å². The van der Waals surface area contributed by atoms with E-state index in [2.05, 4.69) is 15.0 Å². The average molecular weight is 377 g/mol. The maximum atomic E-state index is 13.1. The normalized spacial score (nSPS) is 16.3. The Bertz CT molecular complexity index is 978. The summed E-state index contributed by atoms with van der Waals surface area (Å²) in [6.45, 7) is 1.26. The molecule has 6 nitrogen and oxygen atoms in total. The third kappa shape index (κ3) is 3.83. The Morgan fingerprint density at radius 3 is 2.64 bits per heavy atom. The second-order valence-electron chi connectivity index (χ2n) is 6.85. The molecule has 0 spiro atoms. The number of pyridine rings is 1. The van der Waals surface area contributed by atoms with Gasteiger partial charge in [0, 0.05) is 37.0 Å². The number of halogens is 1. The molecule has 0 bridgehead atoms. The standard InChI is InChI=1S/C21H20FN5O/c22-16-4-2-14(3-5-16)18-7-6-17(23)19(26-18)12-20(28)27-11-8-15(13-27)21-24-9-1-10-25-21/h1-7,9-10,15H,8,11-13,23H2/t15-/m0/s1. The smallest absolute Gasteiger partial charge is 0.228 e. The van der Waals surface area contributed by atoms with Gasteiger partial charge in [0.25, 0.3) is 0 Å². The molecule has 4 rings (SSSR count). The van der Waals surface area contributed by atoms with Crippen molar-refractivity contribution in [1.29, 1.82) is 0 Å². The highest BCUT2D eigenvalue weighted by molar-refractivity contribution is 5.80. The lowest BCUT2D eigenvalue weighted by molar-refractivity contribution is -0.129. The van der Waals surface area contributed by atoms with Crippen LogP contribution in [0.2, 0.25) is 0 Å². The van der Waals surface area contributed by atoms with Crippen LogP contribution < -0.4 is 5.73 Å². The molecule has 2 N–H and O–H groups in total. The highest BCUT2D eigenvalue weighted by atomic mass is 19.1. The number of nitrogens with zero attached hydrogens (tertiary/aromatic N) is 4. The summed E-state index contributed by atoms with van der Waals surface area (Å²) in [6, 6.07) is 11.4. The Morgan fingerprint density at radius 2 is 1.89 bits per heavy atom. The van der Waals surface area contributed by atoms with E-state index < -0.39 is 0 Å². The first-order valence-electron chi connectivity index (χ1n) is 9.16. The maximum absolute atomic E-state index is 13.1. The van der Waals surface area contributed by atoms with Gasteiger partial charge in [-0.2, -0.15) is 0 Å². The van der Waals surface area contributed by atoms with E-state index in [1.807, 2.05) is 4.90 Å². The zero-order chi connectivity index (χ0) is 19.5. The van der Waals surface area contributed by atoms with Crippen LogP contribution >= 0.6 is 0 Å². The van der Waals surface area contributed by atoms with Gasteiger partial charge in [0.1, 0.15) is 11.6 Å². The Hall–Kier alpha value is -3.35. The first-order valence-corrected chi connectivity index (χ1v) is 9.16. The first kappa shape index (κ1) is 18.0. The first-order chi connectivity index (χ1) is 13.6. The second-order valence-corrected chi connectivity index (χ2v) is 6.85. The van der Waals surface area contributed by atoms with E-state index in [1.54, 1.807) is 42.7 Å². The number of nitrogens with two attached hydrogens (primary N) is 1. The molecule has 3 heterocycles. The van der Waals surface area contributed by atoms with E-state index in [1.165, 1.54) is 12.1 Å². The van der Waals surface area contributed by atoms with Crippen LogP contribution in [0.5, 0.6) is 0 Å². The van der Waals surface area contributed by atoms with Gasteiger partial charge in [-0.15, -0.1) is 0 Å². The molecule has 0 aliphatic carbocycles. The minimum atomic E-state index is -0.305. The van der Waals surface area contributed by atoms with E-state index in [9.17, 15) is 9.18 Å². The number of aromatic nitrogens is 3. The lowest BCUT2D eigenvalue weighted by Crippen LogP contribution is -2.30. The molecular weight excluding hydrogens is 357 g/mol.